The van der Waals surface area contributed by atoms with Gasteiger partial charge in [0.15, 0.2) is 0 Å². The predicted octanol–water partition coefficient (Wildman–Crippen LogP) is -3.67. The molecule has 5 amide bonds. The first-order valence-electron chi connectivity index (χ1n) is 12.7. The van der Waals surface area contributed by atoms with Gasteiger partial charge in [0.05, 0.1) is 18.6 Å². The van der Waals surface area contributed by atoms with Gasteiger partial charge < -0.3 is 53.2 Å². The number of nitrogens with two attached hydrogens (primary N) is 2. The van der Waals surface area contributed by atoms with Gasteiger partial charge in [-0.05, 0) is 38.0 Å². The van der Waals surface area contributed by atoms with Gasteiger partial charge in [-0.2, -0.15) is 0 Å². The molecule has 0 saturated carbocycles. The highest BCUT2D eigenvalue weighted by atomic mass is 16.4. The predicted molar refractivity (Wildman–Crippen MR) is 143 cm³/mol. The van der Waals surface area contributed by atoms with Crippen molar-refractivity contribution in [2.45, 2.75) is 82.5 Å². The maximum Gasteiger partial charge on any atom is 0.326 e. The third-order valence-corrected chi connectivity index (χ3v) is 5.96. The van der Waals surface area contributed by atoms with Crippen molar-refractivity contribution in [1.82, 2.24) is 21.3 Å². The highest BCUT2D eigenvalue weighted by Gasteiger charge is 2.34. The molecule has 1 rings (SSSR count). The molecule has 16 heteroatoms. The Labute approximate surface area is 235 Å². The normalized spacial score (nSPS) is 16.0. The van der Waals surface area contributed by atoms with E-state index < -0.39 is 84.3 Å². The first-order chi connectivity index (χ1) is 19.1. The zero-order valence-electron chi connectivity index (χ0n) is 22.9. The van der Waals surface area contributed by atoms with Gasteiger partial charge >= 0.3 is 5.97 Å². The lowest BCUT2D eigenvalue weighted by Gasteiger charge is -2.27. The monoisotopic (exact) mass is 582 g/mol. The fourth-order valence-corrected chi connectivity index (χ4v) is 3.51. The summed E-state index contributed by atoms with van der Waals surface area (Å²) in [7, 11) is 0. The second kappa shape index (κ2) is 16.1. The maximum atomic E-state index is 13.2. The van der Waals surface area contributed by atoms with Crippen LogP contribution in [0.3, 0.4) is 0 Å². The first kappa shape index (κ1) is 34.7. The van der Waals surface area contributed by atoms with Gasteiger partial charge in [0.2, 0.25) is 29.5 Å². The van der Waals surface area contributed by atoms with E-state index >= 15 is 0 Å². The molecule has 7 unspecified atom stereocenters. The zero-order valence-corrected chi connectivity index (χ0v) is 22.9. The number of carbonyl (C=O) groups is 6. The number of aliphatic hydroxyl groups excluding tert-OH is 2. The summed E-state index contributed by atoms with van der Waals surface area (Å²) in [6.07, 6.45) is -3.68. The van der Waals surface area contributed by atoms with E-state index in [2.05, 4.69) is 21.3 Å². The van der Waals surface area contributed by atoms with E-state index in [1.807, 2.05) is 0 Å². The van der Waals surface area contributed by atoms with Gasteiger partial charge in [-0.3, -0.25) is 24.0 Å². The highest BCUT2D eigenvalue weighted by molar-refractivity contribution is 5.97. The molecule has 228 valence electrons. The molecular formula is C25H38N6O10. The van der Waals surface area contributed by atoms with Crippen molar-refractivity contribution in [2.75, 3.05) is 0 Å². The molecule has 0 heterocycles. The lowest BCUT2D eigenvalue weighted by molar-refractivity contribution is -0.142. The van der Waals surface area contributed by atoms with Crippen LogP contribution < -0.4 is 32.7 Å². The number of nitrogens with one attached hydrogen (secondary N) is 4. The molecule has 1 aromatic rings. The number of carboxylic acids is 1. The Morgan fingerprint density at radius 2 is 1.29 bits per heavy atom. The van der Waals surface area contributed by atoms with E-state index in [4.69, 9.17) is 11.5 Å². The summed E-state index contributed by atoms with van der Waals surface area (Å²) in [5.74, 6) is -6.42. The molecule has 7 atom stereocenters. The summed E-state index contributed by atoms with van der Waals surface area (Å²) < 4.78 is 0. The fraction of sp³-hybridized carbons (Fsp3) is 0.520. The molecule has 0 aliphatic rings. The molecule has 16 nitrogen and oxygen atoms in total. The van der Waals surface area contributed by atoms with Crippen molar-refractivity contribution in [1.29, 1.82) is 0 Å². The van der Waals surface area contributed by atoms with Crippen LogP contribution in [0, 0.1) is 0 Å². The smallest absolute Gasteiger partial charge is 0.326 e. The van der Waals surface area contributed by atoms with Crippen LogP contribution in [0.5, 0.6) is 5.75 Å². The SMILES string of the molecule is CCC(NC(=O)C(Cc1ccc(O)cc1)NC(=O)C(CC(N)=O)NC(=O)C(NC(=O)C(N)C(C)O)C(C)O)C(=O)O. The highest BCUT2D eigenvalue weighted by Crippen LogP contribution is 2.12. The number of carboxylic acid groups (broad SMARTS) is 1. The van der Waals surface area contributed by atoms with Crippen molar-refractivity contribution in [3.8, 4) is 5.75 Å². The number of aliphatic hydroxyl groups is 2. The van der Waals surface area contributed by atoms with Crippen molar-refractivity contribution in [3.05, 3.63) is 29.8 Å². The third kappa shape index (κ3) is 11.4. The number of amides is 5. The van der Waals surface area contributed by atoms with Gasteiger partial charge in [0, 0.05) is 6.42 Å². The van der Waals surface area contributed by atoms with Crippen LogP contribution in [0.2, 0.25) is 0 Å². The number of hydrogen-bond donors (Lipinski definition) is 10. The summed E-state index contributed by atoms with van der Waals surface area (Å²) >= 11 is 0. The molecule has 0 saturated heterocycles. The minimum absolute atomic E-state index is 0.0342. The molecule has 0 spiro atoms. The first-order valence-corrected chi connectivity index (χ1v) is 12.7. The number of aliphatic carboxylic acids is 1. The van der Waals surface area contributed by atoms with E-state index in [1.54, 1.807) is 0 Å². The second-order valence-corrected chi connectivity index (χ2v) is 9.46. The van der Waals surface area contributed by atoms with Gasteiger partial charge in [-0.15, -0.1) is 0 Å². The minimum Gasteiger partial charge on any atom is -0.508 e. The van der Waals surface area contributed by atoms with E-state index in [-0.39, 0.29) is 18.6 Å². The molecular weight excluding hydrogens is 544 g/mol. The van der Waals surface area contributed by atoms with Crippen LogP contribution in [0.4, 0.5) is 0 Å². The van der Waals surface area contributed by atoms with Crippen molar-refractivity contribution >= 4 is 35.5 Å². The molecule has 12 N–H and O–H groups in total. The molecule has 0 fully saturated rings. The van der Waals surface area contributed by atoms with Crippen LogP contribution in [-0.4, -0.2) is 98.3 Å². The van der Waals surface area contributed by atoms with Crippen LogP contribution in [-0.2, 0) is 35.2 Å². The Hall–Kier alpha value is -4.28. The topological polar surface area (TPSA) is 284 Å². The molecule has 0 aliphatic heterocycles. The summed E-state index contributed by atoms with van der Waals surface area (Å²) in [6, 6.07) is -1.85. The Morgan fingerprint density at radius 1 is 0.780 bits per heavy atom. The number of hydrogen-bond acceptors (Lipinski definition) is 10. The number of aromatic hydroxyl groups is 1. The van der Waals surface area contributed by atoms with Gasteiger partial charge in [-0.1, -0.05) is 19.1 Å². The summed E-state index contributed by atoms with van der Waals surface area (Å²) in [5, 5.41) is 47.4. The lowest BCUT2D eigenvalue weighted by atomic mass is 10.0. The van der Waals surface area contributed by atoms with Crippen molar-refractivity contribution in [3.63, 3.8) is 0 Å². The van der Waals surface area contributed by atoms with Crippen molar-refractivity contribution < 1.29 is 49.2 Å². The van der Waals surface area contributed by atoms with Crippen molar-refractivity contribution in [2.24, 2.45) is 11.5 Å². The van der Waals surface area contributed by atoms with E-state index in [1.165, 1.54) is 38.1 Å². The molecule has 1 aromatic carbocycles. The van der Waals surface area contributed by atoms with E-state index in [0.29, 0.717) is 5.56 Å². The summed E-state index contributed by atoms with van der Waals surface area (Å²) in [4.78, 5) is 74.5. The standard InChI is InChI=1S/C25H38N6O10/c1-4-15(25(40)41)28-21(36)16(9-13-5-7-14(34)8-6-13)29-22(37)17(10-18(26)35)30-24(39)20(12(3)33)31-23(38)19(27)11(2)32/h5-8,11-12,15-17,19-20,32-34H,4,9-10,27H2,1-3H3,(H2,26,35)(H,28,36)(H,29,37)(H,30,39)(H,31,38)(H,40,41). The number of phenolic OH excluding ortho intramolecular Hbond substituents is 1. The summed E-state index contributed by atoms with van der Waals surface area (Å²) in [6.45, 7) is 3.92. The van der Waals surface area contributed by atoms with Gasteiger partial charge in [0.25, 0.3) is 0 Å². The summed E-state index contributed by atoms with van der Waals surface area (Å²) in [5.41, 5.74) is 11.3. The van der Waals surface area contributed by atoms with Crippen LogP contribution in [0.25, 0.3) is 0 Å². The zero-order chi connectivity index (χ0) is 31.4. The number of primary amides is 1. The average molecular weight is 583 g/mol. The number of benzene rings is 1. The number of carbonyl (C=O) groups excluding carboxylic acids is 5. The van der Waals surface area contributed by atoms with E-state index in [9.17, 15) is 49.2 Å². The van der Waals surface area contributed by atoms with Gasteiger partial charge in [0.1, 0.15) is 36.0 Å². The largest absolute Gasteiger partial charge is 0.508 e. The van der Waals surface area contributed by atoms with Crippen LogP contribution in [0.1, 0.15) is 39.2 Å². The Morgan fingerprint density at radius 3 is 1.76 bits per heavy atom. The maximum absolute atomic E-state index is 13.2. The number of rotatable bonds is 16. The van der Waals surface area contributed by atoms with E-state index in [0.717, 1.165) is 6.92 Å². The molecule has 0 aliphatic carbocycles. The third-order valence-electron chi connectivity index (χ3n) is 5.96. The quantitative estimate of drug-likeness (QED) is 0.0906. The fourth-order valence-electron chi connectivity index (χ4n) is 3.51. The Kier molecular flexibility index (Phi) is 13.6. The van der Waals surface area contributed by atoms with Gasteiger partial charge in [-0.25, -0.2) is 4.79 Å². The average Bonchev–Trinajstić information content (AvgIpc) is 2.88. The lowest BCUT2D eigenvalue weighted by Crippen LogP contribution is -2.61. The minimum atomic E-state index is -1.68. The molecule has 0 radical (unpaired) electrons. The second-order valence-electron chi connectivity index (χ2n) is 9.46. The Bertz CT molecular complexity index is 1090. The molecule has 0 bridgehead atoms. The van der Waals surface area contributed by atoms with Crippen LogP contribution >= 0.6 is 0 Å². The Balaban J connectivity index is 3.22. The number of phenols is 1. The van der Waals surface area contributed by atoms with Crippen LogP contribution in [0.15, 0.2) is 24.3 Å². The molecule has 41 heavy (non-hydrogen) atoms. The molecule has 0 aromatic heterocycles.